The highest BCUT2D eigenvalue weighted by Gasteiger charge is 2.25. The van der Waals surface area contributed by atoms with E-state index in [1.54, 1.807) is 5.57 Å². The van der Waals surface area contributed by atoms with Crippen molar-refractivity contribution in [1.82, 2.24) is 10.2 Å². The van der Waals surface area contributed by atoms with Crippen LogP contribution in [0.3, 0.4) is 0 Å². The fourth-order valence-corrected chi connectivity index (χ4v) is 3.61. The predicted octanol–water partition coefficient (Wildman–Crippen LogP) is 3.44. The van der Waals surface area contributed by atoms with Gasteiger partial charge in [-0.25, -0.2) is 0 Å². The van der Waals surface area contributed by atoms with Gasteiger partial charge in [-0.05, 0) is 43.7 Å². The van der Waals surface area contributed by atoms with Gasteiger partial charge in [-0.1, -0.05) is 35.9 Å². The Labute approximate surface area is 145 Å². The number of aryl methyl sites for hydroxylation is 1. The molecule has 1 unspecified atom stereocenters. The summed E-state index contributed by atoms with van der Waals surface area (Å²) in [7, 11) is 1.87. The average Bonchev–Trinajstić information content (AvgIpc) is 3.13. The minimum Gasteiger partial charge on any atom is -0.370 e. The van der Waals surface area contributed by atoms with Crippen LogP contribution in [0.2, 0.25) is 0 Å². The highest BCUT2D eigenvalue weighted by Crippen LogP contribution is 2.25. The van der Waals surface area contributed by atoms with E-state index < -0.39 is 0 Å². The molecule has 1 aliphatic carbocycles. The minimum absolute atomic E-state index is 0.121. The Morgan fingerprint density at radius 2 is 2.25 bits per heavy atom. The lowest BCUT2D eigenvalue weighted by Gasteiger charge is -2.35. The Hall–Kier alpha value is -1.81. The monoisotopic (exact) mass is 327 g/mol. The van der Waals surface area contributed by atoms with E-state index in [0.717, 1.165) is 38.6 Å². The number of guanidine groups is 1. The van der Waals surface area contributed by atoms with E-state index in [2.05, 4.69) is 52.5 Å². The number of rotatable bonds is 4. The van der Waals surface area contributed by atoms with Crippen molar-refractivity contribution in [2.75, 3.05) is 33.3 Å². The van der Waals surface area contributed by atoms with Crippen molar-refractivity contribution in [3.05, 3.63) is 47.0 Å². The standard InChI is InChI=1S/C20H29N3O/c1-16-7-3-6-10-18(16)19-15-23(13-14-24-19)20(21-2)22-12-11-17-8-4-5-9-17/h3,6-8,10,19H,4-5,9,11-15H2,1-2H3,(H,21,22). The second-order valence-electron chi connectivity index (χ2n) is 6.64. The summed E-state index contributed by atoms with van der Waals surface area (Å²) in [6, 6.07) is 8.50. The number of hydrogen-bond acceptors (Lipinski definition) is 2. The summed E-state index contributed by atoms with van der Waals surface area (Å²) in [4.78, 5) is 6.81. The zero-order valence-electron chi connectivity index (χ0n) is 14.9. The molecule has 1 aromatic carbocycles. The lowest BCUT2D eigenvalue weighted by molar-refractivity contribution is -0.00829. The van der Waals surface area contributed by atoms with Gasteiger partial charge >= 0.3 is 0 Å². The summed E-state index contributed by atoms with van der Waals surface area (Å²) in [6.07, 6.45) is 7.50. The number of benzene rings is 1. The maximum absolute atomic E-state index is 6.02. The Morgan fingerprint density at radius 3 is 3.00 bits per heavy atom. The van der Waals surface area contributed by atoms with Gasteiger partial charge in [0.2, 0.25) is 0 Å². The Bertz CT molecular complexity index is 609. The minimum atomic E-state index is 0.121. The summed E-state index contributed by atoms with van der Waals surface area (Å²) in [6.45, 7) is 5.60. The van der Waals surface area contributed by atoms with Crippen LogP contribution in [0.25, 0.3) is 0 Å². The molecule has 130 valence electrons. The third kappa shape index (κ3) is 4.18. The molecule has 4 nitrogen and oxygen atoms in total. The summed E-state index contributed by atoms with van der Waals surface area (Å²) < 4.78 is 6.02. The molecule has 1 heterocycles. The molecule has 1 aliphatic heterocycles. The van der Waals surface area contributed by atoms with Gasteiger partial charge in [0, 0.05) is 20.1 Å². The predicted molar refractivity (Wildman–Crippen MR) is 99.4 cm³/mol. The third-order valence-corrected chi connectivity index (χ3v) is 4.98. The fraction of sp³-hybridized carbons (Fsp3) is 0.550. The van der Waals surface area contributed by atoms with Gasteiger partial charge in [0.25, 0.3) is 0 Å². The lowest BCUT2D eigenvalue weighted by Crippen LogP contribution is -2.48. The van der Waals surface area contributed by atoms with Gasteiger partial charge in [0.05, 0.1) is 13.2 Å². The molecule has 0 spiro atoms. The van der Waals surface area contributed by atoms with Crippen LogP contribution >= 0.6 is 0 Å². The first-order valence-electron chi connectivity index (χ1n) is 9.08. The molecule has 1 N–H and O–H groups in total. The van der Waals surface area contributed by atoms with Crippen LogP contribution in [0.1, 0.15) is 42.9 Å². The highest BCUT2D eigenvalue weighted by molar-refractivity contribution is 5.80. The number of nitrogens with zero attached hydrogens (tertiary/aromatic N) is 2. The van der Waals surface area contributed by atoms with Crippen LogP contribution in [-0.2, 0) is 4.74 Å². The molecule has 1 aromatic rings. The van der Waals surface area contributed by atoms with Crippen molar-refractivity contribution in [3.8, 4) is 0 Å². The van der Waals surface area contributed by atoms with E-state index in [1.807, 2.05) is 7.05 Å². The molecule has 0 bridgehead atoms. The smallest absolute Gasteiger partial charge is 0.193 e. The topological polar surface area (TPSA) is 36.9 Å². The Kier molecular flexibility index (Phi) is 5.91. The molecular formula is C20H29N3O. The molecule has 1 atom stereocenters. The van der Waals surface area contributed by atoms with E-state index in [1.165, 1.54) is 30.4 Å². The van der Waals surface area contributed by atoms with Gasteiger partial charge in [-0.3, -0.25) is 4.99 Å². The highest BCUT2D eigenvalue weighted by atomic mass is 16.5. The normalized spacial score (nSPS) is 21.8. The zero-order chi connectivity index (χ0) is 16.8. The molecule has 24 heavy (non-hydrogen) atoms. The fourth-order valence-electron chi connectivity index (χ4n) is 3.61. The lowest BCUT2D eigenvalue weighted by atomic mass is 10.0. The number of ether oxygens (including phenoxy) is 1. The number of hydrogen-bond donors (Lipinski definition) is 1. The van der Waals surface area contributed by atoms with Crippen LogP contribution in [0, 0.1) is 6.92 Å². The quantitative estimate of drug-likeness (QED) is 0.523. The summed E-state index contributed by atoms with van der Waals surface area (Å²) in [5, 5.41) is 3.53. The second kappa shape index (κ2) is 8.34. The van der Waals surface area contributed by atoms with Gasteiger partial charge in [-0.15, -0.1) is 0 Å². The van der Waals surface area contributed by atoms with E-state index in [9.17, 15) is 0 Å². The molecule has 4 heteroatoms. The molecule has 3 rings (SSSR count). The largest absolute Gasteiger partial charge is 0.370 e. The van der Waals surface area contributed by atoms with Crippen molar-refractivity contribution in [2.24, 2.45) is 4.99 Å². The number of morpholine rings is 1. The molecule has 0 radical (unpaired) electrons. The first-order valence-corrected chi connectivity index (χ1v) is 9.08. The first kappa shape index (κ1) is 17.0. The van der Waals surface area contributed by atoms with Crippen molar-refractivity contribution < 1.29 is 4.74 Å². The van der Waals surface area contributed by atoms with Gasteiger partial charge in [0.1, 0.15) is 6.10 Å². The van der Waals surface area contributed by atoms with Crippen molar-refractivity contribution in [1.29, 1.82) is 0 Å². The van der Waals surface area contributed by atoms with Crippen molar-refractivity contribution in [2.45, 2.75) is 38.7 Å². The van der Waals surface area contributed by atoms with Crippen molar-refractivity contribution >= 4 is 5.96 Å². The Morgan fingerprint density at radius 1 is 1.38 bits per heavy atom. The Balaban J connectivity index is 1.57. The maximum Gasteiger partial charge on any atom is 0.193 e. The molecule has 0 amide bonds. The van der Waals surface area contributed by atoms with Crippen LogP contribution in [0.5, 0.6) is 0 Å². The molecule has 0 aromatic heterocycles. The van der Waals surface area contributed by atoms with E-state index in [0.29, 0.717) is 0 Å². The summed E-state index contributed by atoms with van der Waals surface area (Å²) in [5.41, 5.74) is 4.17. The zero-order valence-corrected chi connectivity index (χ0v) is 14.9. The maximum atomic E-state index is 6.02. The second-order valence-corrected chi connectivity index (χ2v) is 6.64. The average molecular weight is 327 g/mol. The molecule has 1 fully saturated rings. The van der Waals surface area contributed by atoms with Crippen LogP contribution < -0.4 is 5.32 Å². The molecule has 1 saturated heterocycles. The van der Waals surface area contributed by atoms with Crippen LogP contribution in [0.15, 0.2) is 40.9 Å². The van der Waals surface area contributed by atoms with Crippen LogP contribution in [-0.4, -0.2) is 44.1 Å². The van der Waals surface area contributed by atoms with Gasteiger partial charge in [-0.2, -0.15) is 0 Å². The summed E-state index contributed by atoms with van der Waals surface area (Å²) in [5.74, 6) is 0.996. The third-order valence-electron chi connectivity index (χ3n) is 4.98. The number of aliphatic imine (C=N–C) groups is 1. The van der Waals surface area contributed by atoms with Crippen LogP contribution in [0.4, 0.5) is 0 Å². The van der Waals surface area contributed by atoms with E-state index >= 15 is 0 Å². The van der Waals surface area contributed by atoms with E-state index in [4.69, 9.17) is 4.74 Å². The summed E-state index contributed by atoms with van der Waals surface area (Å²) >= 11 is 0. The molecular weight excluding hydrogens is 298 g/mol. The number of nitrogens with one attached hydrogen (secondary N) is 1. The molecule has 2 aliphatic rings. The number of allylic oxidation sites excluding steroid dienone is 1. The van der Waals surface area contributed by atoms with Gasteiger partial charge < -0.3 is 15.0 Å². The SMILES string of the molecule is CN=C(NCCC1=CCCC1)N1CCOC(c2ccccc2C)C1. The first-order chi connectivity index (χ1) is 11.8. The van der Waals surface area contributed by atoms with E-state index in [-0.39, 0.29) is 6.10 Å². The van der Waals surface area contributed by atoms with Gasteiger partial charge in [0.15, 0.2) is 5.96 Å². The van der Waals surface area contributed by atoms with Crippen molar-refractivity contribution in [3.63, 3.8) is 0 Å². The molecule has 0 saturated carbocycles.